The molecule has 1 saturated heterocycles. The van der Waals surface area contributed by atoms with Crippen LogP contribution < -0.4 is 0 Å². The third-order valence-electron chi connectivity index (χ3n) is 5.88. The number of hydrogen-bond acceptors (Lipinski definition) is 5. The number of piperidine rings is 1. The van der Waals surface area contributed by atoms with Crippen LogP contribution in [0.2, 0.25) is 0 Å². The van der Waals surface area contributed by atoms with E-state index in [0.29, 0.717) is 11.7 Å². The fourth-order valence-corrected chi connectivity index (χ4v) is 3.93. The predicted molar refractivity (Wildman–Crippen MR) is 110 cm³/mol. The second-order valence-electron chi connectivity index (χ2n) is 7.88. The van der Waals surface area contributed by atoms with E-state index < -0.39 is 0 Å². The smallest absolute Gasteiger partial charge is 0.244 e. The van der Waals surface area contributed by atoms with Crippen molar-refractivity contribution in [2.24, 2.45) is 5.92 Å². The molecule has 1 aliphatic rings. The summed E-state index contributed by atoms with van der Waals surface area (Å²) in [5.41, 5.74) is 3.67. The lowest BCUT2D eigenvalue weighted by atomic mass is 9.90. The number of aromatic nitrogens is 3. The Labute approximate surface area is 166 Å². The summed E-state index contributed by atoms with van der Waals surface area (Å²) in [6, 6.07) is 12.9. The van der Waals surface area contributed by atoms with Crippen molar-refractivity contribution in [3.8, 4) is 11.4 Å². The van der Waals surface area contributed by atoms with Crippen molar-refractivity contribution >= 4 is 0 Å². The number of likely N-dealkylation sites (tertiary alicyclic amines) is 1. The normalized spacial score (nSPS) is 16.9. The van der Waals surface area contributed by atoms with E-state index in [-0.39, 0.29) is 6.04 Å². The molecule has 2 aromatic heterocycles. The summed E-state index contributed by atoms with van der Waals surface area (Å²) in [7, 11) is 0. The molecule has 0 amide bonds. The summed E-state index contributed by atoms with van der Waals surface area (Å²) in [6.45, 7) is 6.48. The van der Waals surface area contributed by atoms with Crippen molar-refractivity contribution in [2.45, 2.75) is 45.6 Å². The van der Waals surface area contributed by atoms with Gasteiger partial charge in [-0.15, -0.1) is 0 Å². The van der Waals surface area contributed by atoms with E-state index in [4.69, 9.17) is 4.52 Å². The molecule has 1 aliphatic heterocycles. The molecule has 0 N–H and O–H groups in total. The largest absolute Gasteiger partial charge is 0.337 e. The molecule has 0 saturated carbocycles. The van der Waals surface area contributed by atoms with Crippen molar-refractivity contribution in [3.05, 3.63) is 65.8 Å². The van der Waals surface area contributed by atoms with Crippen LogP contribution in [0.5, 0.6) is 0 Å². The van der Waals surface area contributed by atoms with Crippen molar-refractivity contribution in [1.82, 2.24) is 20.0 Å². The van der Waals surface area contributed by atoms with Crippen molar-refractivity contribution in [1.29, 1.82) is 0 Å². The van der Waals surface area contributed by atoms with Gasteiger partial charge in [-0.25, -0.2) is 0 Å². The molecule has 1 unspecified atom stereocenters. The quantitative estimate of drug-likeness (QED) is 0.616. The van der Waals surface area contributed by atoms with Crippen LogP contribution in [-0.4, -0.2) is 33.1 Å². The Morgan fingerprint density at radius 2 is 1.93 bits per heavy atom. The molecule has 5 heteroatoms. The van der Waals surface area contributed by atoms with Crippen molar-refractivity contribution in [2.75, 3.05) is 13.1 Å². The van der Waals surface area contributed by atoms with Gasteiger partial charge in [-0.05, 0) is 76.2 Å². The molecule has 5 nitrogen and oxygen atoms in total. The Kier molecular flexibility index (Phi) is 5.81. The summed E-state index contributed by atoms with van der Waals surface area (Å²) in [6.07, 6.45) is 8.43. The highest BCUT2D eigenvalue weighted by molar-refractivity contribution is 5.51. The molecule has 0 aliphatic carbocycles. The lowest BCUT2D eigenvalue weighted by Gasteiger charge is -2.34. The molecular weight excluding hydrogens is 348 g/mol. The van der Waals surface area contributed by atoms with Gasteiger partial charge in [0.25, 0.3) is 0 Å². The van der Waals surface area contributed by atoms with Gasteiger partial charge < -0.3 is 4.52 Å². The minimum Gasteiger partial charge on any atom is -0.337 e. The highest BCUT2D eigenvalue weighted by Crippen LogP contribution is 2.29. The molecule has 4 rings (SSSR count). The van der Waals surface area contributed by atoms with Crippen molar-refractivity contribution in [3.63, 3.8) is 0 Å². The Morgan fingerprint density at radius 1 is 1.14 bits per heavy atom. The molecule has 3 heterocycles. The molecule has 146 valence electrons. The lowest BCUT2D eigenvalue weighted by molar-refractivity contribution is 0.117. The Morgan fingerprint density at radius 3 is 2.64 bits per heavy atom. The first-order chi connectivity index (χ1) is 13.7. The van der Waals surface area contributed by atoms with E-state index in [9.17, 15) is 0 Å². The number of benzene rings is 1. The Hall–Kier alpha value is -2.53. The molecule has 0 bridgehead atoms. The Balaban J connectivity index is 1.29. The average Bonchev–Trinajstić information content (AvgIpc) is 3.24. The molecular formula is C23H28N4O. The highest BCUT2D eigenvalue weighted by atomic mass is 16.5. The van der Waals surface area contributed by atoms with Crippen LogP contribution in [0.25, 0.3) is 11.4 Å². The highest BCUT2D eigenvalue weighted by Gasteiger charge is 2.26. The number of hydrogen-bond donors (Lipinski definition) is 0. The fraction of sp³-hybridized carbons (Fsp3) is 0.435. The van der Waals surface area contributed by atoms with Gasteiger partial charge in [0.15, 0.2) is 0 Å². The van der Waals surface area contributed by atoms with Gasteiger partial charge in [0.1, 0.15) is 0 Å². The van der Waals surface area contributed by atoms with Gasteiger partial charge in [0.05, 0.1) is 6.04 Å². The zero-order valence-corrected chi connectivity index (χ0v) is 16.7. The van der Waals surface area contributed by atoms with Gasteiger partial charge in [-0.1, -0.05) is 35.0 Å². The molecule has 1 atom stereocenters. The monoisotopic (exact) mass is 376 g/mol. The SMILES string of the molecule is Cc1ccc(CCC2CCN(C(C)c3nc(-c4cccnc4)no3)CC2)cc1. The van der Waals surface area contributed by atoms with Crippen LogP contribution in [0.3, 0.4) is 0 Å². The van der Waals surface area contributed by atoms with Crippen LogP contribution in [0.1, 0.15) is 49.2 Å². The van der Waals surface area contributed by atoms with E-state index in [2.05, 4.69) is 58.1 Å². The van der Waals surface area contributed by atoms with Crippen LogP contribution in [0.4, 0.5) is 0 Å². The number of rotatable bonds is 6. The Bertz CT molecular complexity index is 867. The van der Waals surface area contributed by atoms with Gasteiger partial charge >= 0.3 is 0 Å². The molecule has 3 aromatic rings. The summed E-state index contributed by atoms with van der Waals surface area (Å²) in [4.78, 5) is 11.2. The third kappa shape index (κ3) is 4.47. The first kappa shape index (κ1) is 18.8. The van der Waals surface area contributed by atoms with Crippen LogP contribution >= 0.6 is 0 Å². The second-order valence-corrected chi connectivity index (χ2v) is 7.88. The predicted octanol–water partition coefficient (Wildman–Crippen LogP) is 4.85. The molecule has 28 heavy (non-hydrogen) atoms. The first-order valence-corrected chi connectivity index (χ1v) is 10.2. The zero-order valence-electron chi connectivity index (χ0n) is 16.7. The number of pyridine rings is 1. The van der Waals surface area contributed by atoms with Gasteiger partial charge in [0, 0.05) is 18.0 Å². The topological polar surface area (TPSA) is 55.1 Å². The standard InChI is InChI=1S/C23H28N4O/c1-17-5-7-19(8-6-17)9-10-20-11-14-27(15-12-20)18(2)23-25-22(26-28-23)21-4-3-13-24-16-21/h3-8,13,16,18,20H,9-12,14-15H2,1-2H3. The van der Waals surface area contributed by atoms with Gasteiger partial charge in [0.2, 0.25) is 11.7 Å². The minimum atomic E-state index is 0.149. The molecule has 0 radical (unpaired) electrons. The van der Waals surface area contributed by atoms with E-state index in [1.807, 2.05) is 12.1 Å². The number of aryl methyl sites for hydroxylation is 2. The zero-order chi connectivity index (χ0) is 19.3. The fourth-order valence-electron chi connectivity index (χ4n) is 3.93. The summed E-state index contributed by atoms with van der Waals surface area (Å²) in [5.74, 6) is 2.11. The summed E-state index contributed by atoms with van der Waals surface area (Å²) >= 11 is 0. The van der Waals surface area contributed by atoms with E-state index in [1.165, 1.54) is 36.8 Å². The maximum atomic E-state index is 5.55. The third-order valence-corrected chi connectivity index (χ3v) is 5.88. The van der Waals surface area contributed by atoms with E-state index in [0.717, 1.165) is 24.6 Å². The second kappa shape index (κ2) is 8.65. The van der Waals surface area contributed by atoms with Crippen LogP contribution in [0, 0.1) is 12.8 Å². The first-order valence-electron chi connectivity index (χ1n) is 10.2. The van der Waals surface area contributed by atoms with Crippen LogP contribution in [-0.2, 0) is 6.42 Å². The van der Waals surface area contributed by atoms with Crippen molar-refractivity contribution < 1.29 is 4.52 Å². The summed E-state index contributed by atoms with van der Waals surface area (Å²) < 4.78 is 5.55. The minimum absolute atomic E-state index is 0.149. The molecule has 1 fully saturated rings. The molecule has 0 spiro atoms. The molecule has 1 aromatic carbocycles. The van der Waals surface area contributed by atoms with E-state index >= 15 is 0 Å². The summed E-state index contributed by atoms with van der Waals surface area (Å²) in [5, 5.41) is 4.13. The van der Waals surface area contributed by atoms with Gasteiger partial charge in [-0.2, -0.15) is 4.98 Å². The lowest BCUT2D eigenvalue weighted by Crippen LogP contribution is -2.36. The average molecular weight is 377 g/mol. The maximum Gasteiger partial charge on any atom is 0.244 e. The maximum absolute atomic E-state index is 5.55. The number of nitrogens with zero attached hydrogens (tertiary/aromatic N) is 4. The van der Waals surface area contributed by atoms with Crippen LogP contribution in [0.15, 0.2) is 53.3 Å². The van der Waals surface area contributed by atoms with E-state index in [1.54, 1.807) is 12.4 Å². The van der Waals surface area contributed by atoms with Gasteiger partial charge in [-0.3, -0.25) is 9.88 Å².